The molecule has 0 aliphatic carbocycles. The van der Waals surface area contributed by atoms with Gasteiger partial charge in [-0.05, 0) is 50.2 Å². The molecule has 3 aromatic heterocycles. The Morgan fingerprint density at radius 1 is 1.16 bits per heavy atom. The molecule has 0 aliphatic heterocycles. The third-order valence-electron chi connectivity index (χ3n) is 4.91. The van der Waals surface area contributed by atoms with Gasteiger partial charge in [0.25, 0.3) is 0 Å². The zero-order valence-corrected chi connectivity index (χ0v) is 18.1. The first-order valence-electron chi connectivity index (χ1n) is 9.49. The van der Waals surface area contributed by atoms with Gasteiger partial charge in [0, 0.05) is 12.6 Å². The van der Waals surface area contributed by atoms with E-state index in [2.05, 4.69) is 10.1 Å². The average molecular weight is 444 g/mol. The Morgan fingerprint density at radius 2 is 1.90 bits per heavy atom. The van der Waals surface area contributed by atoms with E-state index in [4.69, 9.17) is 8.83 Å². The van der Waals surface area contributed by atoms with Gasteiger partial charge in [-0.15, -0.1) is 0 Å². The number of aryl methyl sites for hydroxylation is 1. The lowest BCUT2D eigenvalue weighted by Gasteiger charge is -2.16. The molecule has 0 radical (unpaired) electrons. The van der Waals surface area contributed by atoms with Gasteiger partial charge in [0.15, 0.2) is 5.76 Å². The van der Waals surface area contributed by atoms with Crippen molar-refractivity contribution in [2.24, 2.45) is 0 Å². The molecule has 4 rings (SSSR count). The van der Waals surface area contributed by atoms with Crippen LogP contribution in [0.4, 0.5) is 4.39 Å². The van der Waals surface area contributed by atoms with Crippen molar-refractivity contribution >= 4 is 10.0 Å². The quantitative estimate of drug-likeness (QED) is 0.431. The van der Waals surface area contributed by atoms with Gasteiger partial charge in [-0.1, -0.05) is 0 Å². The van der Waals surface area contributed by atoms with E-state index >= 15 is 0 Å². The zero-order valence-electron chi connectivity index (χ0n) is 17.2. The molecule has 0 aliphatic rings. The summed E-state index contributed by atoms with van der Waals surface area (Å²) >= 11 is 0. The minimum absolute atomic E-state index is 0.111. The highest BCUT2D eigenvalue weighted by atomic mass is 32.2. The lowest BCUT2D eigenvalue weighted by atomic mass is 10.2. The number of hydrogen-bond donors (Lipinski definition) is 0. The van der Waals surface area contributed by atoms with Crippen molar-refractivity contribution in [3.63, 3.8) is 0 Å². The van der Waals surface area contributed by atoms with Crippen LogP contribution in [0.25, 0.3) is 11.3 Å². The Morgan fingerprint density at radius 3 is 2.58 bits per heavy atom. The summed E-state index contributed by atoms with van der Waals surface area (Å²) < 4.78 is 53.2. The SMILES string of the molecule is Cc1nn(Cc2ncc(-c3ccc(F)cc3)o2)c(C)c1S(=O)(=O)N(C)Cc1ccco1. The van der Waals surface area contributed by atoms with Crippen LogP contribution in [-0.2, 0) is 23.1 Å². The van der Waals surface area contributed by atoms with Gasteiger partial charge < -0.3 is 8.83 Å². The molecule has 1 aromatic carbocycles. The van der Waals surface area contributed by atoms with Crippen molar-refractivity contribution in [1.29, 1.82) is 0 Å². The number of aromatic nitrogens is 3. The van der Waals surface area contributed by atoms with Gasteiger partial charge in [0.1, 0.15) is 23.0 Å². The maximum absolute atomic E-state index is 13.1. The minimum Gasteiger partial charge on any atom is -0.468 e. The monoisotopic (exact) mass is 444 g/mol. The summed E-state index contributed by atoms with van der Waals surface area (Å²) in [5.74, 6) is 1.05. The van der Waals surface area contributed by atoms with Crippen molar-refractivity contribution in [2.45, 2.75) is 31.8 Å². The molecule has 0 saturated heterocycles. The molecule has 4 aromatic rings. The molecule has 0 amide bonds. The van der Waals surface area contributed by atoms with Crippen LogP contribution in [0.1, 0.15) is 23.0 Å². The maximum atomic E-state index is 13.1. The Hall–Kier alpha value is -3.24. The summed E-state index contributed by atoms with van der Waals surface area (Å²) in [6.07, 6.45) is 3.05. The summed E-state index contributed by atoms with van der Waals surface area (Å²) in [5, 5.41) is 4.38. The predicted molar refractivity (Wildman–Crippen MR) is 110 cm³/mol. The number of rotatable bonds is 7. The first-order chi connectivity index (χ1) is 14.8. The number of sulfonamides is 1. The highest BCUT2D eigenvalue weighted by molar-refractivity contribution is 7.89. The number of hydrogen-bond acceptors (Lipinski definition) is 6. The predicted octanol–water partition coefficient (Wildman–Crippen LogP) is 3.76. The van der Waals surface area contributed by atoms with Gasteiger partial charge in [-0.3, -0.25) is 4.68 Å². The van der Waals surface area contributed by atoms with Crippen molar-refractivity contribution in [3.05, 3.63) is 77.7 Å². The van der Waals surface area contributed by atoms with Gasteiger partial charge in [-0.2, -0.15) is 9.40 Å². The van der Waals surface area contributed by atoms with E-state index in [1.54, 1.807) is 49.0 Å². The fraction of sp³-hybridized carbons (Fsp3) is 0.238. The Kier molecular flexibility index (Phi) is 5.50. The van der Waals surface area contributed by atoms with E-state index in [0.29, 0.717) is 34.4 Å². The van der Waals surface area contributed by atoms with E-state index < -0.39 is 10.0 Å². The van der Waals surface area contributed by atoms with Gasteiger partial charge in [0.2, 0.25) is 15.9 Å². The molecular weight excluding hydrogens is 423 g/mol. The van der Waals surface area contributed by atoms with Gasteiger partial charge in [-0.25, -0.2) is 17.8 Å². The molecule has 8 nitrogen and oxygen atoms in total. The van der Waals surface area contributed by atoms with E-state index in [-0.39, 0.29) is 23.8 Å². The van der Waals surface area contributed by atoms with Crippen molar-refractivity contribution in [1.82, 2.24) is 19.1 Å². The second-order valence-electron chi connectivity index (χ2n) is 7.12. The van der Waals surface area contributed by atoms with E-state index in [1.165, 1.54) is 29.7 Å². The zero-order chi connectivity index (χ0) is 22.2. The van der Waals surface area contributed by atoms with Gasteiger partial charge >= 0.3 is 0 Å². The Balaban J connectivity index is 1.58. The maximum Gasteiger partial charge on any atom is 0.246 e. The van der Waals surface area contributed by atoms with Crippen LogP contribution >= 0.6 is 0 Å². The number of halogens is 1. The molecule has 10 heteroatoms. The fourth-order valence-electron chi connectivity index (χ4n) is 3.33. The van der Waals surface area contributed by atoms with Crippen LogP contribution < -0.4 is 0 Å². The Labute approximate surface area is 179 Å². The van der Waals surface area contributed by atoms with Crippen LogP contribution in [0.3, 0.4) is 0 Å². The third-order valence-corrected chi connectivity index (χ3v) is 6.97. The van der Waals surface area contributed by atoms with E-state index in [0.717, 1.165) is 0 Å². The molecule has 3 heterocycles. The topological polar surface area (TPSA) is 94.4 Å². The van der Waals surface area contributed by atoms with Gasteiger partial charge in [0.05, 0.1) is 30.4 Å². The summed E-state index contributed by atoms with van der Waals surface area (Å²) in [7, 11) is -2.29. The van der Waals surface area contributed by atoms with Crippen LogP contribution in [0.2, 0.25) is 0 Å². The standard InChI is InChI=1S/C21H21FN4O4S/c1-14-21(31(27,28)25(3)12-18-5-4-10-29-18)15(2)26(24-14)13-20-23-11-19(30-20)16-6-8-17(22)9-7-16/h4-11H,12-13H2,1-3H3. The molecule has 0 atom stereocenters. The molecule has 0 fully saturated rings. The number of oxazole rings is 1. The molecular formula is C21H21FN4O4S. The van der Waals surface area contributed by atoms with Crippen LogP contribution in [0, 0.1) is 19.7 Å². The molecule has 162 valence electrons. The molecule has 0 bridgehead atoms. The molecule has 0 N–H and O–H groups in total. The minimum atomic E-state index is -3.79. The van der Waals surface area contributed by atoms with Crippen LogP contribution in [-0.4, -0.2) is 34.5 Å². The second-order valence-corrected chi connectivity index (χ2v) is 9.10. The highest BCUT2D eigenvalue weighted by Crippen LogP contribution is 2.26. The lowest BCUT2D eigenvalue weighted by Crippen LogP contribution is -2.27. The fourth-order valence-corrected chi connectivity index (χ4v) is 4.83. The third kappa shape index (κ3) is 4.17. The van der Waals surface area contributed by atoms with Crippen LogP contribution in [0.5, 0.6) is 0 Å². The first kappa shape index (κ1) is 21.0. The van der Waals surface area contributed by atoms with Crippen molar-refractivity contribution < 1.29 is 21.6 Å². The summed E-state index contributed by atoms with van der Waals surface area (Å²) in [6, 6.07) is 9.31. The summed E-state index contributed by atoms with van der Waals surface area (Å²) in [4.78, 5) is 4.39. The second kappa shape index (κ2) is 8.12. The van der Waals surface area contributed by atoms with E-state index in [1.807, 2.05) is 0 Å². The number of benzene rings is 1. The molecule has 31 heavy (non-hydrogen) atoms. The summed E-state index contributed by atoms with van der Waals surface area (Å²) in [5.41, 5.74) is 1.55. The number of furan rings is 1. The number of nitrogens with zero attached hydrogens (tertiary/aromatic N) is 4. The average Bonchev–Trinajstić information content (AvgIpc) is 3.45. The largest absolute Gasteiger partial charge is 0.468 e. The molecule has 0 unspecified atom stereocenters. The molecule has 0 saturated carbocycles. The first-order valence-corrected chi connectivity index (χ1v) is 10.9. The van der Waals surface area contributed by atoms with Crippen molar-refractivity contribution in [3.8, 4) is 11.3 Å². The molecule has 0 spiro atoms. The van der Waals surface area contributed by atoms with E-state index in [9.17, 15) is 12.8 Å². The summed E-state index contributed by atoms with van der Waals surface area (Å²) in [6.45, 7) is 3.61. The van der Waals surface area contributed by atoms with Crippen molar-refractivity contribution in [2.75, 3.05) is 7.05 Å². The normalized spacial score (nSPS) is 12.0. The van der Waals surface area contributed by atoms with Crippen LogP contribution in [0.15, 0.2) is 62.6 Å². The smallest absolute Gasteiger partial charge is 0.246 e. The Bertz CT molecular complexity index is 1290. The highest BCUT2D eigenvalue weighted by Gasteiger charge is 2.29. The lowest BCUT2D eigenvalue weighted by molar-refractivity contribution is 0.405.